The Bertz CT molecular complexity index is 411. The summed E-state index contributed by atoms with van der Waals surface area (Å²) in [7, 11) is 2.01. The van der Waals surface area contributed by atoms with Gasteiger partial charge in [0.25, 0.3) is 6.47 Å². The Morgan fingerprint density at radius 1 is 1.45 bits per heavy atom. The van der Waals surface area contributed by atoms with Gasteiger partial charge in [0.2, 0.25) is 0 Å². The third kappa shape index (κ3) is 5.84. The SMILES string of the molecule is CN1CCCC1C(=O)CBr.O=COCc1ccccc1. The largest absolute Gasteiger partial charge is 0.463 e. The summed E-state index contributed by atoms with van der Waals surface area (Å²) in [6.45, 7) is 1.89. The van der Waals surface area contributed by atoms with E-state index in [0.29, 0.717) is 24.2 Å². The highest BCUT2D eigenvalue weighted by Crippen LogP contribution is 2.15. The molecular weight excluding hydrogens is 322 g/mol. The molecule has 1 aromatic carbocycles. The third-order valence-electron chi connectivity index (χ3n) is 3.18. The van der Waals surface area contributed by atoms with Crippen LogP contribution >= 0.6 is 15.9 Å². The summed E-state index contributed by atoms with van der Waals surface area (Å²) in [4.78, 5) is 23.0. The van der Waals surface area contributed by atoms with Crippen LogP contribution in [-0.4, -0.2) is 42.1 Å². The van der Waals surface area contributed by atoms with Gasteiger partial charge in [-0.25, -0.2) is 0 Å². The first-order valence-electron chi connectivity index (χ1n) is 6.57. The van der Waals surface area contributed by atoms with Crippen molar-refractivity contribution < 1.29 is 14.3 Å². The minimum absolute atomic E-state index is 0.194. The number of halogens is 1. The minimum Gasteiger partial charge on any atom is -0.463 e. The number of alkyl halides is 1. The van der Waals surface area contributed by atoms with Crippen LogP contribution < -0.4 is 0 Å². The molecule has 1 aliphatic rings. The van der Waals surface area contributed by atoms with Crippen molar-refractivity contribution in [1.29, 1.82) is 0 Å². The number of ketones is 1. The Labute approximate surface area is 128 Å². The first kappa shape index (κ1) is 16.9. The second kappa shape index (κ2) is 9.66. The Morgan fingerprint density at radius 3 is 2.65 bits per heavy atom. The Hall–Kier alpha value is -1.20. The number of hydrogen-bond donors (Lipinski definition) is 0. The van der Waals surface area contributed by atoms with Crippen LogP contribution in [0.1, 0.15) is 18.4 Å². The summed E-state index contributed by atoms with van der Waals surface area (Å²) in [6, 6.07) is 9.74. The van der Waals surface area contributed by atoms with Crippen molar-refractivity contribution in [3.63, 3.8) is 0 Å². The van der Waals surface area contributed by atoms with E-state index in [1.165, 1.54) is 6.42 Å². The number of benzene rings is 1. The van der Waals surface area contributed by atoms with Gasteiger partial charge < -0.3 is 4.74 Å². The highest BCUT2D eigenvalue weighted by Gasteiger charge is 2.26. The zero-order valence-corrected chi connectivity index (χ0v) is 13.2. The average Bonchev–Trinajstić information content (AvgIpc) is 2.92. The molecule has 1 unspecified atom stereocenters. The van der Waals surface area contributed by atoms with Crippen molar-refractivity contribution in [1.82, 2.24) is 4.90 Å². The van der Waals surface area contributed by atoms with Gasteiger partial charge in [-0.05, 0) is 32.0 Å². The van der Waals surface area contributed by atoms with Gasteiger partial charge in [0.05, 0.1) is 11.4 Å². The summed E-state index contributed by atoms with van der Waals surface area (Å²) >= 11 is 3.18. The maximum atomic E-state index is 11.1. The molecule has 0 saturated carbocycles. The Morgan fingerprint density at radius 2 is 2.15 bits per heavy atom. The number of hydrogen-bond acceptors (Lipinski definition) is 4. The molecule has 0 bridgehead atoms. The number of ether oxygens (including phenoxy) is 1. The molecule has 0 N–H and O–H groups in total. The molecule has 0 aliphatic carbocycles. The fourth-order valence-electron chi connectivity index (χ4n) is 2.11. The fourth-order valence-corrected chi connectivity index (χ4v) is 2.48. The first-order valence-corrected chi connectivity index (χ1v) is 7.69. The summed E-state index contributed by atoms with van der Waals surface area (Å²) in [5.41, 5.74) is 1.01. The maximum Gasteiger partial charge on any atom is 0.293 e. The van der Waals surface area contributed by atoms with Gasteiger partial charge in [0, 0.05) is 0 Å². The van der Waals surface area contributed by atoms with Crippen LogP contribution in [-0.2, 0) is 20.9 Å². The topological polar surface area (TPSA) is 46.6 Å². The van der Waals surface area contributed by atoms with Crippen LogP contribution in [0.15, 0.2) is 30.3 Å². The lowest BCUT2D eigenvalue weighted by atomic mass is 10.1. The molecule has 1 aliphatic heterocycles. The van der Waals surface area contributed by atoms with Gasteiger partial charge in [0.15, 0.2) is 5.78 Å². The predicted octanol–water partition coefficient (Wildman–Crippen LogP) is 2.40. The maximum absolute atomic E-state index is 11.1. The lowest BCUT2D eigenvalue weighted by Crippen LogP contribution is -2.33. The summed E-state index contributed by atoms with van der Waals surface area (Å²) in [6.07, 6.45) is 2.21. The van der Waals surface area contributed by atoms with Crippen molar-refractivity contribution in [2.45, 2.75) is 25.5 Å². The second-order valence-electron chi connectivity index (χ2n) is 4.63. The molecule has 1 heterocycles. The number of rotatable bonds is 5. The number of likely N-dealkylation sites (tertiary alicyclic amines) is 1. The van der Waals surface area contributed by atoms with Crippen LogP contribution in [0.5, 0.6) is 0 Å². The van der Waals surface area contributed by atoms with E-state index in [1.54, 1.807) is 0 Å². The van der Waals surface area contributed by atoms with E-state index in [-0.39, 0.29) is 6.04 Å². The standard InChI is InChI=1S/C8H8O2.C7H12BrNO/c9-7-10-6-8-4-2-1-3-5-8;1-9-4-2-3-6(9)7(10)5-8/h1-5,7H,6H2;6H,2-5H2,1H3. The van der Waals surface area contributed by atoms with Crippen molar-refractivity contribution >= 4 is 28.2 Å². The van der Waals surface area contributed by atoms with Crippen LogP contribution in [0.4, 0.5) is 0 Å². The molecule has 1 saturated heterocycles. The number of nitrogens with zero attached hydrogens (tertiary/aromatic N) is 1. The number of carbonyl (C=O) groups excluding carboxylic acids is 2. The Balaban J connectivity index is 0.000000200. The van der Waals surface area contributed by atoms with Gasteiger partial charge in [0.1, 0.15) is 6.61 Å². The second-order valence-corrected chi connectivity index (χ2v) is 5.19. The van der Waals surface area contributed by atoms with E-state index < -0.39 is 0 Å². The van der Waals surface area contributed by atoms with Gasteiger partial charge in [-0.15, -0.1) is 0 Å². The molecule has 4 nitrogen and oxygen atoms in total. The predicted molar refractivity (Wildman–Crippen MR) is 81.7 cm³/mol. The van der Waals surface area contributed by atoms with E-state index in [0.717, 1.165) is 18.5 Å². The number of carbonyl (C=O) groups is 2. The van der Waals surface area contributed by atoms with Crippen molar-refractivity contribution in [3.05, 3.63) is 35.9 Å². The molecule has 0 aromatic heterocycles. The molecule has 0 radical (unpaired) electrons. The molecule has 1 atom stereocenters. The minimum atomic E-state index is 0.194. The molecular formula is C15H20BrNO3. The van der Waals surface area contributed by atoms with E-state index in [2.05, 4.69) is 25.6 Å². The smallest absolute Gasteiger partial charge is 0.293 e. The number of likely N-dealkylation sites (N-methyl/N-ethyl adjacent to an activating group) is 1. The van der Waals surface area contributed by atoms with Crippen LogP contribution in [0.25, 0.3) is 0 Å². The van der Waals surface area contributed by atoms with Gasteiger partial charge in [-0.3, -0.25) is 14.5 Å². The zero-order chi connectivity index (χ0) is 14.8. The fraction of sp³-hybridized carbons (Fsp3) is 0.467. The van der Waals surface area contributed by atoms with Crippen LogP contribution in [0.2, 0.25) is 0 Å². The van der Waals surface area contributed by atoms with E-state index in [1.807, 2.05) is 37.4 Å². The van der Waals surface area contributed by atoms with Crippen molar-refractivity contribution in [2.75, 3.05) is 18.9 Å². The molecule has 1 fully saturated rings. The average molecular weight is 342 g/mol. The lowest BCUT2D eigenvalue weighted by molar-refractivity contribution is -0.129. The van der Waals surface area contributed by atoms with E-state index >= 15 is 0 Å². The highest BCUT2D eigenvalue weighted by atomic mass is 79.9. The van der Waals surface area contributed by atoms with Gasteiger partial charge in [-0.1, -0.05) is 46.3 Å². The lowest BCUT2D eigenvalue weighted by Gasteiger charge is -2.16. The summed E-state index contributed by atoms with van der Waals surface area (Å²) < 4.78 is 4.54. The quantitative estimate of drug-likeness (QED) is 0.609. The Kier molecular flexibility index (Phi) is 8.14. The van der Waals surface area contributed by atoms with E-state index in [9.17, 15) is 9.59 Å². The van der Waals surface area contributed by atoms with Gasteiger partial charge >= 0.3 is 0 Å². The van der Waals surface area contributed by atoms with Crippen LogP contribution in [0.3, 0.4) is 0 Å². The molecule has 110 valence electrons. The molecule has 0 spiro atoms. The van der Waals surface area contributed by atoms with Crippen molar-refractivity contribution in [2.24, 2.45) is 0 Å². The summed E-state index contributed by atoms with van der Waals surface area (Å²) in [5, 5.41) is 0.502. The normalized spacial score (nSPS) is 18.0. The summed E-state index contributed by atoms with van der Waals surface area (Å²) in [5.74, 6) is 0.319. The first-order chi connectivity index (χ1) is 9.69. The molecule has 1 aromatic rings. The van der Waals surface area contributed by atoms with E-state index in [4.69, 9.17) is 0 Å². The number of Topliss-reactive ketones (excluding diaryl/α,β-unsaturated/α-hetero) is 1. The molecule has 2 rings (SSSR count). The van der Waals surface area contributed by atoms with Gasteiger partial charge in [-0.2, -0.15) is 0 Å². The van der Waals surface area contributed by atoms with Crippen LogP contribution in [0, 0.1) is 0 Å². The molecule has 20 heavy (non-hydrogen) atoms. The van der Waals surface area contributed by atoms with Crippen molar-refractivity contribution in [3.8, 4) is 0 Å². The highest BCUT2D eigenvalue weighted by molar-refractivity contribution is 9.09. The molecule has 0 amide bonds. The third-order valence-corrected chi connectivity index (χ3v) is 3.74. The zero-order valence-electron chi connectivity index (χ0n) is 11.6. The monoisotopic (exact) mass is 341 g/mol. The molecule has 5 heteroatoms.